The lowest BCUT2D eigenvalue weighted by Gasteiger charge is -2.11. The third-order valence-corrected chi connectivity index (χ3v) is 4.33. The van der Waals surface area contributed by atoms with Gasteiger partial charge in [0, 0.05) is 29.6 Å². The number of nitrogens with zero attached hydrogens (tertiary/aromatic N) is 1. The van der Waals surface area contributed by atoms with E-state index in [0.717, 1.165) is 28.3 Å². The SMILES string of the molecule is COc1ccc(CNc2cncc(C(=O)Nc3ccc(Cl)cc3C)c2)cc1. The number of hydrogen-bond donors (Lipinski definition) is 2. The first-order valence-electron chi connectivity index (χ1n) is 8.44. The molecular weight excluding hydrogens is 362 g/mol. The molecule has 3 aromatic rings. The molecule has 2 N–H and O–H groups in total. The quantitative estimate of drug-likeness (QED) is 0.636. The number of rotatable bonds is 6. The number of aromatic nitrogens is 1. The Labute approximate surface area is 163 Å². The Kier molecular flexibility index (Phi) is 5.94. The lowest BCUT2D eigenvalue weighted by atomic mass is 10.2. The summed E-state index contributed by atoms with van der Waals surface area (Å²) < 4.78 is 5.16. The Hall–Kier alpha value is -3.05. The second-order valence-electron chi connectivity index (χ2n) is 6.08. The van der Waals surface area contributed by atoms with E-state index in [1.54, 1.807) is 37.7 Å². The molecule has 0 saturated carbocycles. The minimum Gasteiger partial charge on any atom is -0.497 e. The molecule has 0 radical (unpaired) electrons. The molecule has 0 fully saturated rings. The maximum atomic E-state index is 12.5. The number of anilines is 2. The summed E-state index contributed by atoms with van der Waals surface area (Å²) in [5, 5.41) is 6.80. The van der Waals surface area contributed by atoms with Crippen molar-refractivity contribution >= 4 is 28.9 Å². The van der Waals surface area contributed by atoms with Crippen LogP contribution >= 0.6 is 11.6 Å². The zero-order chi connectivity index (χ0) is 19.2. The molecule has 0 aliphatic rings. The van der Waals surface area contributed by atoms with Gasteiger partial charge in [0.1, 0.15) is 5.75 Å². The number of methoxy groups -OCH3 is 1. The number of benzene rings is 2. The fourth-order valence-electron chi connectivity index (χ4n) is 2.57. The third kappa shape index (κ3) is 4.99. The van der Waals surface area contributed by atoms with Gasteiger partial charge in [-0.15, -0.1) is 0 Å². The van der Waals surface area contributed by atoms with Gasteiger partial charge in [0.25, 0.3) is 5.91 Å². The van der Waals surface area contributed by atoms with Crippen LogP contribution in [-0.4, -0.2) is 18.0 Å². The van der Waals surface area contributed by atoms with E-state index in [0.29, 0.717) is 17.1 Å². The van der Waals surface area contributed by atoms with Crippen LogP contribution in [0.2, 0.25) is 5.02 Å². The van der Waals surface area contributed by atoms with Crippen molar-refractivity contribution in [2.24, 2.45) is 0 Å². The summed E-state index contributed by atoms with van der Waals surface area (Å²) in [6.07, 6.45) is 3.23. The summed E-state index contributed by atoms with van der Waals surface area (Å²) in [6.45, 7) is 2.51. The summed E-state index contributed by atoms with van der Waals surface area (Å²) in [7, 11) is 1.64. The highest BCUT2D eigenvalue weighted by Gasteiger charge is 2.09. The third-order valence-electron chi connectivity index (χ3n) is 4.09. The predicted octanol–water partition coefficient (Wildman–Crippen LogP) is 4.92. The summed E-state index contributed by atoms with van der Waals surface area (Å²) in [4.78, 5) is 16.7. The first-order valence-corrected chi connectivity index (χ1v) is 8.82. The number of pyridine rings is 1. The number of ether oxygens (including phenoxy) is 1. The minimum absolute atomic E-state index is 0.221. The van der Waals surface area contributed by atoms with Crippen molar-refractivity contribution in [3.8, 4) is 5.75 Å². The van der Waals surface area contributed by atoms with Gasteiger partial charge >= 0.3 is 0 Å². The van der Waals surface area contributed by atoms with Crippen LogP contribution in [0.15, 0.2) is 60.9 Å². The molecule has 0 aliphatic carbocycles. The lowest BCUT2D eigenvalue weighted by Crippen LogP contribution is -2.13. The van der Waals surface area contributed by atoms with E-state index in [4.69, 9.17) is 16.3 Å². The van der Waals surface area contributed by atoms with Gasteiger partial charge in [-0.25, -0.2) is 0 Å². The normalized spacial score (nSPS) is 10.3. The van der Waals surface area contributed by atoms with Crippen LogP contribution in [0.5, 0.6) is 5.75 Å². The molecule has 3 rings (SSSR count). The van der Waals surface area contributed by atoms with E-state index in [-0.39, 0.29) is 5.91 Å². The molecular formula is C21H20ClN3O2. The first kappa shape index (κ1) is 18.7. The van der Waals surface area contributed by atoms with Crippen molar-refractivity contribution in [2.45, 2.75) is 13.5 Å². The first-order chi connectivity index (χ1) is 13.0. The Balaban J connectivity index is 1.66. The van der Waals surface area contributed by atoms with Crippen LogP contribution in [0.4, 0.5) is 11.4 Å². The average molecular weight is 382 g/mol. The second kappa shape index (κ2) is 8.56. The molecule has 5 nitrogen and oxygen atoms in total. The molecule has 0 bridgehead atoms. The van der Waals surface area contributed by atoms with Crippen LogP contribution in [0.3, 0.4) is 0 Å². The topological polar surface area (TPSA) is 63.2 Å². The number of nitrogens with one attached hydrogen (secondary N) is 2. The molecule has 1 heterocycles. The summed E-state index contributed by atoms with van der Waals surface area (Å²) >= 11 is 5.96. The molecule has 2 aromatic carbocycles. The molecule has 27 heavy (non-hydrogen) atoms. The van der Waals surface area contributed by atoms with E-state index in [1.165, 1.54) is 0 Å². The van der Waals surface area contributed by atoms with Gasteiger partial charge in [0.2, 0.25) is 0 Å². The maximum absolute atomic E-state index is 12.5. The number of carbonyl (C=O) groups is 1. The van der Waals surface area contributed by atoms with Gasteiger partial charge in [-0.3, -0.25) is 9.78 Å². The Morgan fingerprint density at radius 2 is 1.89 bits per heavy atom. The van der Waals surface area contributed by atoms with Crippen molar-refractivity contribution in [2.75, 3.05) is 17.7 Å². The van der Waals surface area contributed by atoms with E-state index >= 15 is 0 Å². The highest BCUT2D eigenvalue weighted by molar-refractivity contribution is 6.30. The van der Waals surface area contributed by atoms with Crippen molar-refractivity contribution in [1.82, 2.24) is 4.98 Å². The average Bonchev–Trinajstić information content (AvgIpc) is 2.69. The zero-order valence-corrected chi connectivity index (χ0v) is 15.9. The number of halogens is 1. The maximum Gasteiger partial charge on any atom is 0.257 e. The zero-order valence-electron chi connectivity index (χ0n) is 15.1. The number of amides is 1. The van der Waals surface area contributed by atoms with E-state index < -0.39 is 0 Å². The molecule has 0 saturated heterocycles. The molecule has 1 aromatic heterocycles. The van der Waals surface area contributed by atoms with Crippen molar-refractivity contribution in [3.05, 3.63) is 82.6 Å². The van der Waals surface area contributed by atoms with Gasteiger partial charge in [0.05, 0.1) is 18.4 Å². The number of hydrogen-bond acceptors (Lipinski definition) is 4. The summed E-state index contributed by atoms with van der Waals surface area (Å²) in [5.41, 5.74) is 3.97. The summed E-state index contributed by atoms with van der Waals surface area (Å²) in [6, 6.07) is 14.9. The van der Waals surface area contributed by atoms with Gasteiger partial charge in [-0.05, 0) is 54.4 Å². The number of aryl methyl sites for hydroxylation is 1. The number of carbonyl (C=O) groups excluding carboxylic acids is 1. The van der Waals surface area contributed by atoms with E-state index in [9.17, 15) is 4.79 Å². The fraction of sp³-hybridized carbons (Fsp3) is 0.143. The molecule has 6 heteroatoms. The smallest absolute Gasteiger partial charge is 0.257 e. The van der Waals surface area contributed by atoms with Gasteiger partial charge in [0.15, 0.2) is 0 Å². The van der Waals surface area contributed by atoms with Crippen LogP contribution in [-0.2, 0) is 6.54 Å². The monoisotopic (exact) mass is 381 g/mol. The molecule has 138 valence electrons. The van der Waals surface area contributed by atoms with Crippen molar-refractivity contribution in [1.29, 1.82) is 0 Å². The second-order valence-corrected chi connectivity index (χ2v) is 6.51. The van der Waals surface area contributed by atoms with Crippen molar-refractivity contribution in [3.63, 3.8) is 0 Å². The van der Waals surface area contributed by atoms with Crippen LogP contribution in [0, 0.1) is 6.92 Å². The van der Waals surface area contributed by atoms with Gasteiger partial charge in [-0.1, -0.05) is 23.7 Å². The summed E-state index contributed by atoms with van der Waals surface area (Å²) in [5.74, 6) is 0.595. The molecule has 0 atom stereocenters. The molecule has 0 spiro atoms. The molecule has 1 amide bonds. The standard InChI is InChI=1S/C21H20ClN3O2/c1-14-9-17(22)5-8-20(14)25-21(26)16-10-18(13-23-12-16)24-11-15-3-6-19(27-2)7-4-15/h3-10,12-13,24H,11H2,1-2H3,(H,25,26). The largest absolute Gasteiger partial charge is 0.497 e. The minimum atomic E-state index is -0.221. The highest BCUT2D eigenvalue weighted by atomic mass is 35.5. The lowest BCUT2D eigenvalue weighted by molar-refractivity contribution is 0.102. The molecule has 0 unspecified atom stereocenters. The van der Waals surface area contributed by atoms with Gasteiger partial charge in [-0.2, -0.15) is 0 Å². The van der Waals surface area contributed by atoms with Crippen LogP contribution < -0.4 is 15.4 Å². The fourth-order valence-corrected chi connectivity index (χ4v) is 2.80. The van der Waals surface area contributed by atoms with E-state index in [1.807, 2.05) is 37.3 Å². The Morgan fingerprint density at radius 1 is 1.11 bits per heavy atom. The molecule has 0 aliphatic heterocycles. The predicted molar refractivity (Wildman–Crippen MR) is 109 cm³/mol. The Morgan fingerprint density at radius 3 is 2.59 bits per heavy atom. The van der Waals surface area contributed by atoms with Gasteiger partial charge < -0.3 is 15.4 Å². The van der Waals surface area contributed by atoms with Crippen molar-refractivity contribution < 1.29 is 9.53 Å². The van der Waals surface area contributed by atoms with E-state index in [2.05, 4.69) is 15.6 Å². The Bertz CT molecular complexity index is 942. The highest BCUT2D eigenvalue weighted by Crippen LogP contribution is 2.21. The van der Waals surface area contributed by atoms with Crippen LogP contribution in [0.25, 0.3) is 0 Å². The van der Waals surface area contributed by atoms with Crippen LogP contribution in [0.1, 0.15) is 21.5 Å².